The molecule has 52 heavy (non-hydrogen) atoms. The summed E-state index contributed by atoms with van der Waals surface area (Å²) >= 11 is 0. The Morgan fingerprint density at radius 1 is 0.538 bits per heavy atom. The zero-order valence-electron chi connectivity index (χ0n) is 30.8. The van der Waals surface area contributed by atoms with Crippen LogP contribution in [0.15, 0.2) is 96.3 Å². The first kappa shape index (κ1) is 34.9. The van der Waals surface area contributed by atoms with Crippen molar-refractivity contribution in [1.82, 2.24) is 9.97 Å². The third kappa shape index (κ3) is 5.61. The number of carbonyl (C=O) groups is 2. The fourth-order valence-corrected chi connectivity index (χ4v) is 7.44. The Bertz CT molecular complexity index is 2150. The van der Waals surface area contributed by atoms with Gasteiger partial charge in [0.1, 0.15) is 5.82 Å². The van der Waals surface area contributed by atoms with E-state index >= 15 is 8.78 Å². The molecular formula is C44H42F2N4O2. The molecule has 6 nitrogen and oxygen atoms in total. The number of rotatable bonds is 7. The highest BCUT2D eigenvalue weighted by atomic mass is 19.2. The lowest BCUT2D eigenvalue weighted by molar-refractivity contribution is 0.0988. The first-order valence-electron chi connectivity index (χ1n) is 17.9. The summed E-state index contributed by atoms with van der Waals surface area (Å²) < 4.78 is 30.7. The number of allylic oxidation sites excluding steroid dienone is 3. The van der Waals surface area contributed by atoms with Crippen LogP contribution in [0.25, 0.3) is 10.8 Å². The first-order chi connectivity index (χ1) is 24.8. The summed E-state index contributed by atoms with van der Waals surface area (Å²) in [4.78, 5) is 40.1. The highest BCUT2D eigenvalue weighted by Gasteiger charge is 2.42. The van der Waals surface area contributed by atoms with Crippen LogP contribution in [0, 0.1) is 11.9 Å². The minimum absolute atomic E-state index is 0.00870. The minimum Gasteiger partial charge on any atom is -0.288 e. The largest absolute Gasteiger partial charge is 0.288 e. The number of hydrogen-bond donors (Lipinski definition) is 0. The minimum atomic E-state index is -1.32. The van der Waals surface area contributed by atoms with Crippen LogP contribution in [-0.2, 0) is 0 Å². The van der Waals surface area contributed by atoms with E-state index in [9.17, 15) is 9.59 Å². The van der Waals surface area contributed by atoms with Gasteiger partial charge in [-0.05, 0) is 81.0 Å². The van der Waals surface area contributed by atoms with E-state index < -0.39 is 11.9 Å². The van der Waals surface area contributed by atoms with Crippen molar-refractivity contribution in [3.63, 3.8) is 0 Å². The van der Waals surface area contributed by atoms with Crippen molar-refractivity contribution in [2.45, 2.75) is 79.1 Å². The maximum Gasteiger partial charge on any atom is 0.270 e. The molecule has 2 heterocycles. The highest BCUT2D eigenvalue weighted by Crippen LogP contribution is 2.54. The number of hydrogen-bond acceptors (Lipinski definition) is 6. The smallest absolute Gasteiger partial charge is 0.270 e. The van der Waals surface area contributed by atoms with Gasteiger partial charge in [0.15, 0.2) is 23.2 Å². The van der Waals surface area contributed by atoms with Crippen molar-refractivity contribution in [2.24, 2.45) is 0 Å². The molecule has 8 heteroatoms. The SMILES string of the molecule is CC(C)c1cccc(C(C)C)c1N1C(=CC=C2C(=O)c3cc4ccccc4cc3C2=O)N(c2c(C(C)C)cccc2C(C)C)c2nc(F)c(F)nc21. The van der Waals surface area contributed by atoms with E-state index in [0.29, 0.717) is 16.9 Å². The van der Waals surface area contributed by atoms with Crippen LogP contribution in [0.5, 0.6) is 0 Å². The molecule has 0 saturated carbocycles. The molecule has 264 valence electrons. The van der Waals surface area contributed by atoms with Crippen molar-refractivity contribution in [2.75, 3.05) is 9.80 Å². The summed E-state index contributed by atoms with van der Waals surface area (Å²) in [5.74, 6) is -2.54. The Kier molecular flexibility index (Phi) is 8.89. The average Bonchev–Trinajstić information content (AvgIpc) is 3.53. The monoisotopic (exact) mass is 696 g/mol. The quantitative estimate of drug-likeness (QED) is 0.125. The number of ketones is 2. The van der Waals surface area contributed by atoms with Gasteiger partial charge in [0, 0.05) is 11.1 Å². The van der Waals surface area contributed by atoms with Gasteiger partial charge >= 0.3 is 0 Å². The second-order valence-corrected chi connectivity index (χ2v) is 14.8. The van der Waals surface area contributed by atoms with Gasteiger partial charge in [-0.25, -0.2) is 0 Å². The van der Waals surface area contributed by atoms with Crippen LogP contribution in [0.4, 0.5) is 31.8 Å². The number of fused-ring (bicyclic) bond motifs is 3. The Labute approximate surface area is 303 Å². The predicted molar refractivity (Wildman–Crippen MR) is 204 cm³/mol. The highest BCUT2D eigenvalue weighted by molar-refractivity contribution is 6.40. The molecule has 0 unspecified atom stereocenters. The zero-order chi connectivity index (χ0) is 37.2. The van der Waals surface area contributed by atoms with Crippen LogP contribution in [0.3, 0.4) is 0 Å². The molecule has 4 aromatic carbocycles. The molecule has 2 aliphatic rings. The van der Waals surface area contributed by atoms with Gasteiger partial charge in [0.05, 0.1) is 16.9 Å². The fourth-order valence-electron chi connectivity index (χ4n) is 7.44. The number of halogens is 2. The lowest BCUT2D eigenvalue weighted by Crippen LogP contribution is -2.26. The van der Waals surface area contributed by atoms with E-state index in [1.54, 1.807) is 24.3 Å². The second kappa shape index (κ2) is 13.2. The molecule has 0 N–H and O–H groups in total. The van der Waals surface area contributed by atoms with E-state index in [0.717, 1.165) is 44.4 Å². The van der Waals surface area contributed by atoms with Crippen LogP contribution in [0.1, 0.15) is 122 Å². The van der Waals surface area contributed by atoms with Gasteiger partial charge < -0.3 is 0 Å². The lowest BCUT2D eigenvalue weighted by Gasteiger charge is -2.32. The van der Waals surface area contributed by atoms with Gasteiger partial charge in [0.25, 0.3) is 11.9 Å². The van der Waals surface area contributed by atoms with Crippen molar-refractivity contribution in [3.8, 4) is 0 Å². The summed E-state index contributed by atoms with van der Waals surface area (Å²) in [7, 11) is 0. The Balaban J connectivity index is 1.57. The molecule has 0 bridgehead atoms. The second-order valence-electron chi connectivity index (χ2n) is 14.8. The number of nitrogens with zero attached hydrogens (tertiary/aromatic N) is 4. The average molecular weight is 697 g/mol. The van der Waals surface area contributed by atoms with Crippen LogP contribution in [-0.4, -0.2) is 21.5 Å². The summed E-state index contributed by atoms with van der Waals surface area (Å²) in [6.45, 7) is 16.7. The standard InChI is InChI=1S/C44H42F2N4O2/c1-23(2)29-15-11-16-30(24(3)4)37(29)49-36(20-19-33-39(51)34-21-27-13-9-10-14-28(27)22-35(34)40(33)52)50(44-43(49)47-41(45)42(46)48-44)38-31(25(5)6)17-12-18-32(38)26(7)8/h9-26H,1-8H3. The van der Waals surface area contributed by atoms with Crippen LogP contribution < -0.4 is 9.80 Å². The van der Waals surface area contributed by atoms with Gasteiger partial charge in [-0.15, -0.1) is 0 Å². The number of Topliss-reactive ketones (excluding diaryl/α,β-unsaturated/α-hetero) is 2. The van der Waals surface area contributed by atoms with E-state index in [1.807, 2.05) is 70.5 Å². The molecule has 1 aliphatic heterocycles. The van der Waals surface area contributed by atoms with E-state index in [4.69, 9.17) is 0 Å². The lowest BCUT2D eigenvalue weighted by atomic mass is 9.91. The first-order valence-corrected chi connectivity index (χ1v) is 17.9. The van der Waals surface area contributed by atoms with Crippen LogP contribution in [0.2, 0.25) is 0 Å². The number of anilines is 4. The zero-order valence-corrected chi connectivity index (χ0v) is 30.8. The van der Waals surface area contributed by atoms with Crippen molar-refractivity contribution in [3.05, 3.63) is 142 Å². The Morgan fingerprint density at radius 2 is 0.904 bits per heavy atom. The van der Waals surface area contributed by atoms with Gasteiger partial charge in [-0.3, -0.25) is 19.4 Å². The molecule has 0 radical (unpaired) electrons. The number of benzene rings is 4. The molecule has 7 rings (SSSR count). The molecule has 1 aromatic heterocycles. The van der Waals surface area contributed by atoms with Crippen molar-refractivity contribution >= 4 is 45.3 Å². The van der Waals surface area contributed by atoms with Gasteiger partial charge in [-0.2, -0.15) is 18.7 Å². The fraction of sp³-hybridized carbons (Fsp3) is 0.273. The van der Waals surface area contributed by atoms with E-state index in [2.05, 4.69) is 65.4 Å². The Hall–Kier alpha value is -5.50. The summed E-state index contributed by atoms with van der Waals surface area (Å²) in [6, 6.07) is 23.3. The molecule has 0 saturated heterocycles. The Morgan fingerprint density at radius 3 is 1.25 bits per heavy atom. The maximum absolute atomic E-state index is 15.3. The van der Waals surface area contributed by atoms with Crippen LogP contribution >= 0.6 is 0 Å². The molecule has 0 amide bonds. The summed E-state index contributed by atoms with van der Waals surface area (Å²) in [5, 5.41) is 1.73. The number of carbonyl (C=O) groups excluding carboxylic acids is 2. The molecular weight excluding hydrogens is 655 g/mol. The third-order valence-electron chi connectivity index (χ3n) is 10.1. The predicted octanol–water partition coefficient (Wildman–Crippen LogP) is 11.5. The number of aromatic nitrogens is 2. The van der Waals surface area contributed by atoms with E-state index in [-0.39, 0.29) is 52.4 Å². The number of para-hydroxylation sites is 2. The van der Waals surface area contributed by atoms with Gasteiger partial charge in [0.2, 0.25) is 0 Å². The van der Waals surface area contributed by atoms with E-state index in [1.165, 1.54) is 0 Å². The summed E-state index contributed by atoms with van der Waals surface area (Å²) in [6.07, 6.45) is 3.25. The topological polar surface area (TPSA) is 66.4 Å². The summed E-state index contributed by atoms with van der Waals surface area (Å²) in [5.41, 5.74) is 6.13. The van der Waals surface area contributed by atoms with Crippen molar-refractivity contribution < 1.29 is 18.4 Å². The molecule has 1 aliphatic carbocycles. The van der Waals surface area contributed by atoms with Gasteiger partial charge in [-0.1, -0.05) is 116 Å². The molecule has 5 aromatic rings. The normalized spacial score (nSPS) is 14.2. The van der Waals surface area contributed by atoms with Crippen molar-refractivity contribution in [1.29, 1.82) is 0 Å². The molecule has 0 atom stereocenters. The molecule has 0 fully saturated rings. The molecule has 0 spiro atoms. The maximum atomic E-state index is 15.3. The third-order valence-corrected chi connectivity index (χ3v) is 10.1.